The number of carboxylic acid groups (broad SMARTS) is 1. The number of carboxylic acids is 1. The maximum Gasteiger partial charge on any atom is 0.323 e. The Hall–Kier alpha value is -1.06. The van der Waals surface area contributed by atoms with E-state index in [1.54, 1.807) is 4.90 Å². The largest absolute Gasteiger partial charge is 0.480 e. The average Bonchev–Trinajstić information content (AvgIpc) is 2.93. The molecule has 0 radical (unpaired) electrons. The zero-order valence-corrected chi connectivity index (χ0v) is 8.11. The van der Waals surface area contributed by atoms with Crippen LogP contribution < -0.4 is 0 Å². The Kier molecular flexibility index (Phi) is 2.44. The van der Waals surface area contributed by atoms with Crippen molar-refractivity contribution in [2.75, 3.05) is 6.54 Å². The minimum absolute atomic E-state index is 0.0393. The minimum Gasteiger partial charge on any atom is -0.480 e. The summed E-state index contributed by atoms with van der Waals surface area (Å²) in [5, 5.41) is 8.67. The van der Waals surface area contributed by atoms with Crippen molar-refractivity contribution in [2.45, 2.75) is 38.1 Å². The predicted octanol–water partition coefficient (Wildman–Crippen LogP) is 0.862. The number of carbonyl (C=O) groups excluding carboxylic acids is 1. The third-order valence-corrected chi connectivity index (χ3v) is 2.77. The van der Waals surface area contributed by atoms with Crippen molar-refractivity contribution in [1.82, 2.24) is 4.90 Å². The summed E-state index contributed by atoms with van der Waals surface area (Å²) in [4.78, 5) is 23.8. The number of hydrogen-bond acceptors (Lipinski definition) is 2. The fourth-order valence-corrected chi connectivity index (χ4v) is 1.64. The molecule has 0 aromatic carbocycles. The molecule has 1 amide bonds. The van der Waals surface area contributed by atoms with Crippen LogP contribution in [0, 0.1) is 5.92 Å². The smallest absolute Gasteiger partial charge is 0.323 e. The van der Waals surface area contributed by atoms with Crippen molar-refractivity contribution in [1.29, 1.82) is 0 Å². The monoisotopic (exact) mass is 197 g/mol. The van der Waals surface area contributed by atoms with Gasteiger partial charge in [-0.15, -0.1) is 0 Å². The van der Waals surface area contributed by atoms with Gasteiger partial charge in [0.05, 0.1) is 0 Å². The van der Waals surface area contributed by atoms with Gasteiger partial charge in [-0.1, -0.05) is 0 Å². The van der Waals surface area contributed by atoms with Crippen LogP contribution in [0.2, 0.25) is 0 Å². The van der Waals surface area contributed by atoms with Crippen LogP contribution in [-0.4, -0.2) is 34.5 Å². The molecule has 1 N–H and O–H groups in total. The van der Waals surface area contributed by atoms with E-state index in [2.05, 4.69) is 0 Å². The van der Waals surface area contributed by atoms with Crippen molar-refractivity contribution in [3.8, 4) is 0 Å². The summed E-state index contributed by atoms with van der Waals surface area (Å²) >= 11 is 0. The van der Waals surface area contributed by atoms with Crippen molar-refractivity contribution in [2.24, 2.45) is 5.92 Å². The number of nitrogens with zero attached hydrogens (tertiary/aromatic N) is 1. The highest BCUT2D eigenvalue weighted by Gasteiger charge is 2.36. The van der Waals surface area contributed by atoms with E-state index in [1.807, 2.05) is 0 Å². The van der Waals surface area contributed by atoms with Crippen LogP contribution in [0.4, 0.5) is 0 Å². The molecule has 0 heterocycles. The fraction of sp³-hybridized carbons (Fsp3) is 0.800. The van der Waals surface area contributed by atoms with E-state index in [1.165, 1.54) is 0 Å². The Morgan fingerprint density at radius 1 is 1.21 bits per heavy atom. The van der Waals surface area contributed by atoms with Gasteiger partial charge in [-0.2, -0.15) is 0 Å². The zero-order chi connectivity index (χ0) is 10.1. The highest BCUT2D eigenvalue weighted by Crippen LogP contribution is 2.35. The molecule has 2 fully saturated rings. The van der Waals surface area contributed by atoms with Gasteiger partial charge in [0.15, 0.2) is 0 Å². The van der Waals surface area contributed by atoms with Crippen LogP contribution in [0.1, 0.15) is 32.1 Å². The molecule has 0 spiro atoms. The van der Waals surface area contributed by atoms with Crippen LogP contribution >= 0.6 is 0 Å². The second-order valence-electron chi connectivity index (χ2n) is 4.29. The molecule has 2 aliphatic rings. The van der Waals surface area contributed by atoms with E-state index in [-0.39, 0.29) is 18.5 Å². The molecule has 0 atom stereocenters. The molecule has 0 bridgehead atoms. The molecular weight excluding hydrogens is 182 g/mol. The summed E-state index contributed by atoms with van der Waals surface area (Å²) < 4.78 is 0. The molecule has 0 saturated heterocycles. The summed E-state index contributed by atoms with van der Waals surface area (Å²) in [7, 11) is 0. The second kappa shape index (κ2) is 3.59. The van der Waals surface area contributed by atoms with E-state index in [4.69, 9.17) is 5.11 Å². The van der Waals surface area contributed by atoms with Gasteiger partial charge in [-0.05, 0) is 31.6 Å². The Balaban J connectivity index is 1.86. The highest BCUT2D eigenvalue weighted by molar-refractivity contribution is 5.82. The lowest BCUT2D eigenvalue weighted by atomic mass is 10.2. The molecule has 2 rings (SSSR count). The first kappa shape index (κ1) is 9.49. The first-order valence-corrected chi connectivity index (χ1v) is 5.18. The van der Waals surface area contributed by atoms with Crippen LogP contribution in [0.5, 0.6) is 0 Å². The van der Waals surface area contributed by atoms with Crippen LogP contribution in [-0.2, 0) is 9.59 Å². The third kappa shape index (κ3) is 2.47. The van der Waals surface area contributed by atoms with E-state index < -0.39 is 5.97 Å². The SMILES string of the molecule is O=C(O)CN(C(=O)CC1CC1)C1CC1. The predicted molar refractivity (Wildman–Crippen MR) is 49.7 cm³/mol. The average molecular weight is 197 g/mol. The topological polar surface area (TPSA) is 57.6 Å². The van der Waals surface area contributed by atoms with E-state index in [0.717, 1.165) is 25.7 Å². The van der Waals surface area contributed by atoms with Crippen molar-refractivity contribution >= 4 is 11.9 Å². The molecule has 4 heteroatoms. The number of carbonyl (C=O) groups is 2. The fourth-order valence-electron chi connectivity index (χ4n) is 1.64. The van der Waals surface area contributed by atoms with E-state index in [0.29, 0.717) is 12.3 Å². The molecular formula is C10H15NO3. The van der Waals surface area contributed by atoms with E-state index in [9.17, 15) is 9.59 Å². The van der Waals surface area contributed by atoms with Gasteiger partial charge in [0.25, 0.3) is 0 Å². The van der Waals surface area contributed by atoms with Crippen molar-refractivity contribution < 1.29 is 14.7 Å². The molecule has 0 aliphatic heterocycles. The van der Waals surface area contributed by atoms with Crippen LogP contribution in [0.25, 0.3) is 0 Å². The summed E-state index contributed by atoms with van der Waals surface area (Å²) in [6.45, 7) is -0.115. The first-order chi connectivity index (χ1) is 6.66. The Morgan fingerprint density at radius 3 is 2.29 bits per heavy atom. The summed E-state index contributed by atoms with van der Waals surface area (Å²) in [6, 6.07) is 0.220. The van der Waals surface area contributed by atoms with Crippen molar-refractivity contribution in [3.63, 3.8) is 0 Å². The van der Waals surface area contributed by atoms with Gasteiger partial charge in [0, 0.05) is 12.5 Å². The highest BCUT2D eigenvalue weighted by atomic mass is 16.4. The third-order valence-electron chi connectivity index (χ3n) is 2.77. The lowest BCUT2D eigenvalue weighted by Crippen LogP contribution is -2.37. The number of hydrogen-bond donors (Lipinski definition) is 1. The molecule has 2 saturated carbocycles. The van der Waals surface area contributed by atoms with Gasteiger partial charge in [0.2, 0.25) is 5.91 Å². The van der Waals surface area contributed by atoms with Crippen molar-refractivity contribution in [3.05, 3.63) is 0 Å². The lowest BCUT2D eigenvalue weighted by Gasteiger charge is -2.19. The number of rotatable bonds is 5. The van der Waals surface area contributed by atoms with Gasteiger partial charge >= 0.3 is 5.97 Å². The zero-order valence-electron chi connectivity index (χ0n) is 8.11. The Labute approximate surface area is 82.9 Å². The Bertz CT molecular complexity index is 256. The van der Waals surface area contributed by atoms with Gasteiger partial charge in [-0.25, -0.2) is 0 Å². The lowest BCUT2D eigenvalue weighted by molar-refractivity contribution is -0.145. The van der Waals surface area contributed by atoms with E-state index >= 15 is 0 Å². The summed E-state index contributed by atoms with van der Waals surface area (Å²) in [6.07, 6.45) is 4.78. The molecule has 78 valence electrons. The second-order valence-corrected chi connectivity index (χ2v) is 4.29. The molecule has 14 heavy (non-hydrogen) atoms. The number of amides is 1. The van der Waals surface area contributed by atoms with Crippen LogP contribution in [0.3, 0.4) is 0 Å². The maximum atomic E-state index is 11.7. The van der Waals surface area contributed by atoms with Gasteiger partial charge < -0.3 is 10.0 Å². The van der Waals surface area contributed by atoms with Gasteiger partial charge in [-0.3, -0.25) is 9.59 Å². The molecule has 0 aromatic rings. The standard InChI is InChI=1S/C10H15NO3/c12-9(5-7-1-2-7)11(6-10(13)14)8-3-4-8/h7-8H,1-6H2,(H,13,14). The minimum atomic E-state index is -0.902. The van der Waals surface area contributed by atoms with Gasteiger partial charge in [0.1, 0.15) is 6.54 Å². The summed E-state index contributed by atoms with van der Waals surface area (Å²) in [5.74, 6) is -0.323. The van der Waals surface area contributed by atoms with Crippen LogP contribution in [0.15, 0.2) is 0 Å². The first-order valence-electron chi connectivity index (χ1n) is 5.18. The molecule has 0 unspecified atom stereocenters. The molecule has 2 aliphatic carbocycles. The maximum absolute atomic E-state index is 11.7. The number of aliphatic carboxylic acids is 1. The normalized spacial score (nSPS) is 20.6. The molecule has 4 nitrogen and oxygen atoms in total. The Morgan fingerprint density at radius 2 is 1.86 bits per heavy atom. The summed E-state index contributed by atoms with van der Waals surface area (Å²) in [5.41, 5.74) is 0. The quantitative estimate of drug-likeness (QED) is 0.711. The molecule has 0 aromatic heterocycles.